The first-order valence-electron chi connectivity index (χ1n) is 8.66. The topological polar surface area (TPSA) is 50.8 Å². The number of ether oxygens (including phenoxy) is 2. The summed E-state index contributed by atoms with van der Waals surface area (Å²) in [6, 6.07) is 5.51. The lowest BCUT2D eigenvalue weighted by atomic mass is 9.84. The van der Waals surface area contributed by atoms with Crippen LogP contribution in [0, 0.1) is 0 Å². The molecule has 134 valence electrons. The van der Waals surface area contributed by atoms with E-state index in [4.69, 9.17) is 21.7 Å². The van der Waals surface area contributed by atoms with Crippen molar-refractivity contribution in [2.24, 2.45) is 0 Å². The number of hydrogen-bond donors (Lipinski definition) is 1. The van der Waals surface area contributed by atoms with E-state index in [1.54, 1.807) is 14.2 Å². The molecule has 6 heteroatoms. The predicted octanol–water partition coefficient (Wildman–Crippen LogP) is 3.35. The summed E-state index contributed by atoms with van der Waals surface area (Å²) < 4.78 is 10.7. The van der Waals surface area contributed by atoms with Gasteiger partial charge in [0.15, 0.2) is 22.4 Å². The molecule has 1 atom stereocenters. The standard InChI is InChI=1S/C19H24N2O3S/c1-4-10-21-13-6-5-7-14(22)17(13)18(20-19(21)25)12-8-9-15(23-2)16(11-12)24-3/h8-9,11,18H,4-7,10H2,1-3H3,(H,20,25). The third-order valence-electron chi connectivity index (χ3n) is 4.74. The maximum absolute atomic E-state index is 12.7. The fourth-order valence-electron chi connectivity index (χ4n) is 3.59. The van der Waals surface area contributed by atoms with Crippen LogP contribution in [0.25, 0.3) is 0 Å². The molecule has 1 aliphatic heterocycles. The highest BCUT2D eigenvalue weighted by Gasteiger charge is 2.37. The average molecular weight is 360 g/mol. The van der Waals surface area contributed by atoms with Gasteiger partial charge in [0.25, 0.3) is 0 Å². The Morgan fingerprint density at radius 2 is 2.00 bits per heavy atom. The molecule has 0 spiro atoms. The molecule has 0 saturated heterocycles. The monoisotopic (exact) mass is 360 g/mol. The molecule has 0 bridgehead atoms. The molecule has 3 rings (SSSR count). The van der Waals surface area contributed by atoms with Gasteiger partial charge in [0, 0.05) is 24.2 Å². The van der Waals surface area contributed by atoms with Crippen LogP contribution in [-0.2, 0) is 4.79 Å². The van der Waals surface area contributed by atoms with Crippen molar-refractivity contribution < 1.29 is 14.3 Å². The molecular weight excluding hydrogens is 336 g/mol. The number of carbonyl (C=O) groups excluding carboxylic acids is 1. The van der Waals surface area contributed by atoms with Crippen LogP contribution in [0.5, 0.6) is 11.5 Å². The van der Waals surface area contributed by atoms with Crippen molar-refractivity contribution in [2.45, 2.75) is 38.6 Å². The van der Waals surface area contributed by atoms with Crippen molar-refractivity contribution >= 4 is 23.1 Å². The van der Waals surface area contributed by atoms with Crippen LogP contribution in [0.4, 0.5) is 0 Å². The maximum atomic E-state index is 12.7. The molecule has 1 aromatic carbocycles. The molecule has 1 heterocycles. The van der Waals surface area contributed by atoms with Gasteiger partial charge in [-0.2, -0.15) is 0 Å². The van der Waals surface area contributed by atoms with Crippen molar-refractivity contribution in [1.82, 2.24) is 10.2 Å². The Morgan fingerprint density at radius 3 is 2.68 bits per heavy atom. The molecule has 0 amide bonds. The van der Waals surface area contributed by atoms with Crippen LogP contribution in [-0.4, -0.2) is 36.6 Å². The van der Waals surface area contributed by atoms with E-state index in [-0.39, 0.29) is 11.8 Å². The minimum atomic E-state index is -0.233. The van der Waals surface area contributed by atoms with Crippen LogP contribution >= 0.6 is 12.2 Å². The second kappa shape index (κ2) is 7.44. The highest BCUT2D eigenvalue weighted by molar-refractivity contribution is 7.80. The summed E-state index contributed by atoms with van der Waals surface area (Å²) >= 11 is 5.60. The van der Waals surface area contributed by atoms with E-state index in [1.165, 1.54) is 0 Å². The van der Waals surface area contributed by atoms with Gasteiger partial charge in [-0.1, -0.05) is 13.0 Å². The van der Waals surface area contributed by atoms with Gasteiger partial charge >= 0.3 is 0 Å². The van der Waals surface area contributed by atoms with Crippen LogP contribution in [0.1, 0.15) is 44.2 Å². The normalized spacial score (nSPS) is 20.3. The number of nitrogens with zero attached hydrogens (tertiary/aromatic N) is 1. The van der Waals surface area contributed by atoms with Gasteiger partial charge in [0.05, 0.1) is 20.3 Å². The van der Waals surface area contributed by atoms with E-state index >= 15 is 0 Å². The number of hydrogen-bond acceptors (Lipinski definition) is 4. The summed E-state index contributed by atoms with van der Waals surface area (Å²) in [6.45, 7) is 2.95. The fraction of sp³-hybridized carbons (Fsp3) is 0.474. The van der Waals surface area contributed by atoms with E-state index in [0.29, 0.717) is 23.0 Å². The van der Waals surface area contributed by atoms with E-state index in [2.05, 4.69) is 17.1 Å². The minimum absolute atomic E-state index is 0.206. The third-order valence-corrected chi connectivity index (χ3v) is 5.08. The van der Waals surface area contributed by atoms with Crippen molar-refractivity contribution in [3.63, 3.8) is 0 Å². The summed E-state index contributed by atoms with van der Waals surface area (Å²) in [5, 5.41) is 4.06. The molecule has 1 aliphatic carbocycles. The third kappa shape index (κ3) is 3.23. The Morgan fingerprint density at radius 1 is 1.24 bits per heavy atom. The molecule has 25 heavy (non-hydrogen) atoms. The van der Waals surface area contributed by atoms with Gasteiger partial charge in [-0.3, -0.25) is 4.79 Å². The lowest BCUT2D eigenvalue weighted by molar-refractivity contribution is -0.116. The van der Waals surface area contributed by atoms with E-state index in [9.17, 15) is 4.79 Å². The van der Waals surface area contributed by atoms with Crippen LogP contribution in [0.15, 0.2) is 29.5 Å². The highest BCUT2D eigenvalue weighted by Crippen LogP contribution is 2.39. The summed E-state index contributed by atoms with van der Waals surface area (Å²) in [4.78, 5) is 14.8. The Kier molecular flexibility index (Phi) is 5.27. The summed E-state index contributed by atoms with van der Waals surface area (Å²) in [6.07, 6.45) is 3.36. The van der Waals surface area contributed by atoms with E-state index < -0.39 is 0 Å². The molecule has 2 aliphatic rings. The zero-order chi connectivity index (χ0) is 18.0. The zero-order valence-corrected chi connectivity index (χ0v) is 15.7. The number of thiocarbonyl (C=S) groups is 1. The van der Waals surface area contributed by atoms with Crippen molar-refractivity contribution in [3.8, 4) is 11.5 Å². The molecule has 0 aromatic heterocycles. The number of ketones is 1. The number of allylic oxidation sites excluding steroid dienone is 1. The molecule has 0 radical (unpaired) electrons. The molecule has 0 fully saturated rings. The van der Waals surface area contributed by atoms with Crippen molar-refractivity contribution in [2.75, 3.05) is 20.8 Å². The predicted molar refractivity (Wildman–Crippen MR) is 101 cm³/mol. The van der Waals surface area contributed by atoms with Crippen molar-refractivity contribution in [3.05, 3.63) is 35.0 Å². The quantitative estimate of drug-likeness (QED) is 0.813. The van der Waals surface area contributed by atoms with Gasteiger partial charge in [0.2, 0.25) is 0 Å². The van der Waals surface area contributed by atoms with E-state index in [0.717, 1.165) is 42.6 Å². The Bertz CT molecular complexity index is 729. The van der Waals surface area contributed by atoms with Gasteiger partial charge in [-0.05, 0) is 49.2 Å². The number of benzene rings is 1. The lowest BCUT2D eigenvalue weighted by Gasteiger charge is -2.41. The van der Waals surface area contributed by atoms with E-state index in [1.807, 2.05) is 18.2 Å². The molecule has 1 unspecified atom stereocenters. The van der Waals surface area contributed by atoms with Crippen LogP contribution < -0.4 is 14.8 Å². The van der Waals surface area contributed by atoms with Crippen LogP contribution in [0.2, 0.25) is 0 Å². The maximum Gasteiger partial charge on any atom is 0.173 e. The van der Waals surface area contributed by atoms with Crippen LogP contribution in [0.3, 0.4) is 0 Å². The smallest absolute Gasteiger partial charge is 0.173 e. The van der Waals surface area contributed by atoms with Gasteiger partial charge < -0.3 is 19.7 Å². The highest BCUT2D eigenvalue weighted by atomic mass is 32.1. The fourth-order valence-corrected chi connectivity index (χ4v) is 3.91. The number of carbonyl (C=O) groups is 1. The molecule has 5 nitrogen and oxygen atoms in total. The van der Waals surface area contributed by atoms with Gasteiger partial charge in [0.1, 0.15) is 0 Å². The SMILES string of the molecule is CCCN1C(=S)NC(c2ccc(OC)c(OC)c2)C2=C1CCCC2=O. The Labute approximate surface area is 154 Å². The average Bonchev–Trinajstić information content (AvgIpc) is 2.63. The first-order chi connectivity index (χ1) is 12.1. The Hall–Kier alpha value is -2.08. The minimum Gasteiger partial charge on any atom is -0.493 e. The summed E-state index contributed by atoms with van der Waals surface area (Å²) in [7, 11) is 3.22. The molecule has 1 N–H and O–H groups in total. The second-order valence-electron chi connectivity index (χ2n) is 6.29. The number of methoxy groups -OCH3 is 2. The number of Topliss-reactive ketones (excluding diaryl/α,β-unsaturated/α-hetero) is 1. The first kappa shape index (κ1) is 17.7. The Balaban J connectivity index is 2.08. The number of nitrogens with one attached hydrogen (secondary N) is 1. The van der Waals surface area contributed by atoms with Gasteiger partial charge in [-0.15, -0.1) is 0 Å². The molecule has 1 aromatic rings. The van der Waals surface area contributed by atoms with Gasteiger partial charge in [-0.25, -0.2) is 0 Å². The first-order valence-corrected chi connectivity index (χ1v) is 9.07. The summed E-state index contributed by atoms with van der Waals surface area (Å²) in [5.41, 5.74) is 2.89. The number of rotatable bonds is 5. The zero-order valence-electron chi connectivity index (χ0n) is 14.9. The largest absolute Gasteiger partial charge is 0.493 e. The summed E-state index contributed by atoms with van der Waals surface area (Å²) in [5.74, 6) is 1.52. The molecular formula is C19H24N2O3S. The molecule has 0 saturated carbocycles. The lowest BCUT2D eigenvalue weighted by Crippen LogP contribution is -2.49. The second-order valence-corrected chi connectivity index (χ2v) is 6.67. The van der Waals surface area contributed by atoms with Crippen molar-refractivity contribution in [1.29, 1.82) is 0 Å².